The van der Waals surface area contributed by atoms with Crippen molar-refractivity contribution in [3.63, 3.8) is 0 Å². The monoisotopic (exact) mass is 325 g/mol. The van der Waals surface area contributed by atoms with Gasteiger partial charge in [-0.25, -0.2) is 0 Å². The summed E-state index contributed by atoms with van der Waals surface area (Å²) in [6, 6.07) is 11.1. The number of rotatable bonds is 5. The van der Waals surface area contributed by atoms with Gasteiger partial charge >= 0.3 is 0 Å². The summed E-state index contributed by atoms with van der Waals surface area (Å²) < 4.78 is 4.89. The highest BCUT2D eigenvalue weighted by Crippen LogP contribution is 2.16. The summed E-state index contributed by atoms with van der Waals surface area (Å²) in [5.74, 6) is 0.0465. The van der Waals surface area contributed by atoms with Crippen molar-refractivity contribution in [1.82, 2.24) is 20.7 Å². The minimum Gasteiger partial charge on any atom is -0.361 e. The third-order valence-corrected chi connectivity index (χ3v) is 3.29. The van der Waals surface area contributed by atoms with Gasteiger partial charge in [-0.05, 0) is 12.5 Å². The van der Waals surface area contributed by atoms with Crippen molar-refractivity contribution in [3.8, 4) is 0 Å². The molecule has 122 valence electrons. The summed E-state index contributed by atoms with van der Waals surface area (Å²) in [7, 11) is 0. The molecule has 0 bridgehead atoms. The lowest BCUT2D eigenvalue weighted by Gasteiger charge is -2.17. The van der Waals surface area contributed by atoms with Gasteiger partial charge in [0.25, 0.3) is 11.8 Å². The molecule has 1 atom stereocenters. The van der Waals surface area contributed by atoms with Crippen molar-refractivity contribution in [2.24, 2.45) is 0 Å². The van der Waals surface area contributed by atoms with E-state index in [9.17, 15) is 9.59 Å². The number of aryl methyl sites for hydroxylation is 1. The molecule has 0 spiro atoms. The van der Waals surface area contributed by atoms with Gasteiger partial charge in [-0.15, -0.1) is 0 Å². The van der Waals surface area contributed by atoms with E-state index >= 15 is 0 Å². The van der Waals surface area contributed by atoms with Gasteiger partial charge in [0.1, 0.15) is 17.6 Å². The maximum absolute atomic E-state index is 12.6. The first-order chi connectivity index (χ1) is 11.6. The Hall–Kier alpha value is -3.42. The van der Waals surface area contributed by atoms with Crippen LogP contribution in [0.3, 0.4) is 0 Å². The maximum Gasteiger partial charge on any atom is 0.274 e. The molecule has 0 aliphatic heterocycles. The van der Waals surface area contributed by atoms with Gasteiger partial charge in [-0.3, -0.25) is 14.7 Å². The highest BCUT2D eigenvalue weighted by molar-refractivity contribution is 6.00. The number of aromatic amines is 1. The number of carbonyl (C=O) groups excluding carboxylic acids is 2. The Balaban J connectivity index is 1.82. The lowest BCUT2D eigenvalue weighted by atomic mass is 10.1. The molecule has 2 aromatic heterocycles. The molecular formula is C16H15N5O3. The van der Waals surface area contributed by atoms with Crippen LogP contribution < -0.4 is 10.6 Å². The third kappa shape index (κ3) is 3.49. The molecule has 1 aromatic carbocycles. The van der Waals surface area contributed by atoms with E-state index in [1.165, 1.54) is 12.3 Å². The average Bonchev–Trinajstić information content (AvgIpc) is 3.24. The summed E-state index contributed by atoms with van der Waals surface area (Å²) in [5, 5.41) is 15.4. The SMILES string of the molecule is Cc1cc(C(=O)NC(C(=O)Nc2ccn[nH]2)c2ccccc2)no1. The molecule has 0 saturated carbocycles. The van der Waals surface area contributed by atoms with Gasteiger partial charge in [0.2, 0.25) is 0 Å². The van der Waals surface area contributed by atoms with Crippen LogP contribution in [0.15, 0.2) is 53.2 Å². The number of amides is 2. The number of aromatic nitrogens is 3. The van der Waals surface area contributed by atoms with Gasteiger partial charge in [-0.2, -0.15) is 5.10 Å². The third-order valence-electron chi connectivity index (χ3n) is 3.29. The predicted octanol–water partition coefficient (Wildman–Crippen LogP) is 1.82. The molecule has 3 N–H and O–H groups in total. The van der Waals surface area contributed by atoms with Crippen LogP contribution in [-0.2, 0) is 4.79 Å². The molecule has 8 nitrogen and oxygen atoms in total. The summed E-state index contributed by atoms with van der Waals surface area (Å²) in [6.07, 6.45) is 1.52. The minimum atomic E-state index is -0.890. The van der Waals surface area contributed by atoms with Crippen LogP contribution in [0.5, 0.6) is 0 Å². The Bertz CT molecular complexity index is 827. The van der Waals surface area contributed by atoms with Crippen LogP contribution in [0.2, 0.25) is 0 Å². The van der Waals surface area contributed by atoms with Crippen LogP contribution in [0.4, 0.5) is 5.82 Å². The number of nitrogens with one attached hydrogen (secondary N) is 3. The topological polar surface area (TPSA) is 113 Å². The maximum atomic E-state index is 12.6. The van der Waals surface area contributed by atoms with E-state index in [0.29, 0.717) is 17.1 Å². The van der Waals surface area contributed by atoms with Crippen LogP contribution in [-0.4, -0.2) is 27.2 Å². The highest BCUT2D eigenvalue weighted by atomic mass is 16.5. The van der Waals surface area contributed by atoms with E-state index in [0.717, 1.165) is 0 Å². The van der Waals surface area contributed by atoms with E-state index in [2.05, 4.69) is 26.0 Å². The lowest BCUT2D eigenvalue weighted by Crippen LogP contribution is -2.37. The Morgan fingerprint density at radius 3 is 2.62 bits per heavy atom. The van der Waals surface area contributed by atoms with Crippen LogP contribution >= 0.6 is 0 Å². The number of benzene rings is 1. The van der Waals surface area contributed by atoms with Crippen LogP contribution in [0.25, 0.3) is 0 Å². The molecule has 3 rings (SSSR count). The molecule has 0 radical (unpaired) electrons. The fourth-order valence-corrected chi connectivity index (χ4v) is 2.15. The van der Waals surface area contributed by atoms with Crippen molar-refractivity contribution in [3.05, 3.63) is 65.7 Å². The number of H-pyrrole nitrogens is 1. The molecule has 1 unspecified atom stereocenters. The summed E-state index contributed by atoms with van der Waals surface area (Å²) >= 11 is 0. The molecule has 8 heteroatoms. The molecule has 2 heterocycles. The van der Waals surface area contributed by atoms with Gasteiger partial charge in [0.15, 0.2) is 5.69 Å². The van der Waals surface area contributed by atoms with Crippen molar-refractivity contribution in [2.45, 2.75) is 13.0 Å². The number of nitrogens with zero attached hydrogens (tertiary/aromatic N) is 2. The van der Waals surface area contributed by atoms with Crippen molar-refractivity contribution < 1.29 is 14.1 Å². The largest absolute Gasteiger partial charge is 0.361 e. The van der Waals surface area contributed by atoms with Crippen molar-refractivity contribution >= 4 is 17.6 Å². The molecule has 0 aliphatic rings. The molecule has 24 heavy (non-hydrogen) atoms. The van der Waals surface area contributed by atoms with E-state index in [4.69, 9.17) is 4.52 Å². The number of hydrogen-bond acceptors (Lipinski definition) is 5. The Morgan fingerprint density at radius 2 is 2.00 bits per heavy atom. The normalized spacial score (nSPS) is 11.7. The second kappa shape index (κ2) is 6.78. The second-order valence-corrected chi connectivity index (χ2v) is 5.10. The van der Waals surface area contributed by atoms with Gasteiger partial charge in [0, 0.05) is 12.1 Å². The smallest absolute Gasteiger partial charge is 0.274 e. The zero-order valence-corrected chi connectivity index (χ0v) is 12.8. The Labute approximate surface area is 137 Å². The summed E-state index contributed by atoms with van der Waals surface area (Å²) in [5.41, 5.74) is 0.755. The number of anilines is 1. The molecule has 0 aliphatic carbocycles. The lowest BCUT2D eigenvalue weighted by molar-refractivity contribution is -0.118. The first kappa shape index (κ1) is 15.5. The molecule has 2 amide bonds. The highest BCUT2D eigenvalue weighted by Gasteiger charge is 2.25. The fraction of sp³-hybridized carbons (Fsp3) is 0.125. The average molecular weight is 325 g/mol. The molecule has 0 fully saturated rings. The molecular weight excluding hydrogens is 310 g/mol. The zero-order chi connectivity index (χ0) is 16.9. The Morgan fingerprint density at radius 1 is 1.21 bits per heavy atom. The van der Waals surface area contributed by atoms with Crippen LogP contribution in [0.1, 0.15) is 27.9 Å². The molecule has 0 saturated heterocycles. The minimum absolute atomic E-state index is 0.114. The number of hydrogen-bond donors (Lipinski definition) is 3. The Kier molecular flexibility index (Phi) is 4.37. The van der Waals surface area contributed by atoms with Gasteiger partial charge in [0.05, 0.1) is 6.20 Å². The van der Waals surface area contributed by atoms with E-state index < -0.39 is 17.9 Å². The van der Waals surface area contributed by atoms with Gasteiger partial charge in [-0.1, -0.05) is 35.5 Å². The predicted molar refractivity (Wildman–Crippen MR) is 85.1 cm³/mol. The summed E-state index contributed by atoms with van der Waals surface area (Å²) in [6.45, 7) is 1.68. The first-order valence-electron chi connectivity index (χ1n) is 7.23. The summed E-state index contributed by atoms with van der Waals surface area (Å²) in [4.78, 5) is 24.9. The van der Waals surface area contributed by atoms with Crippen molar-refractivity contribution in [2.75, 3.05) is 5.32 Å². The van der Waals surface area contributed by atoms with E-state index in [-0.39, 0.29) is 5.69 Å². The van der Waals surface area contributed by atoms with Crippen molar-refractivity contribution in [1.29, 1.82) is 0 Å². The quantitative estimate of drug-likeness (QED) is 0.662. The van der Waals surface area contributed by atoms with E-state index in [1.54, 1.807) is 37.3 Å². The second-order valence-electron chi connectivity index (χ2n) is 5.10. The first-order valence-corrected chi connectivity index (χ1v) is 7.23. The number of carbonyl (C=O) groups is 2. The fourth-order valence-electron chi connectivity index (χ4n) is 2.15. The molecule has 3 aromatic rings. The standard InChI is InChI=1S/C16H15N5O3/c1-10-9-12(21-24-10)15(22)19-14(11-5-3-2-4-6-11)16(23)18-13-7-8-17-20-13/h2-9,14H,1H3,(H,19,22)(H2,17,18,20,23). The van der Waals surface area contributed by atoms with E-state index in [1.807, 2.05) is 6.07 Å². The zero-order valence-electron chi connectivity index (χ0n) is 12.8. The van der Waals surface area contributed by atoms with Crippen LogP contribution in [0, 0.1) is 6.92 Å². The van der Waals surface area contributed by atoms with Gasteiger partial charge < -0.3 is 15.2 Å².